The number of ether oxygens (including phenoxy) is 1. The van der Waals surface area contributed by atoms with Gasteiger partial charge in [-0.1, -0.05) is 13.8 Å². The second-order valence-corrected chi connectivity index (χ2v) is 7.37. The molecule has 3 nitrogen and oxygen atoms in total. The molecule has 2 aliphatic rings. The minimum atomic E-state index is 0.00147. The molecule has 1 aliphatic heterocycles. The number of nitrogens with one attached hydrogen (secondary N) is 1. The fraction of sp³-hybridized carbons (Fsp3) is 1.00. The van der Waals surface area contributed by atoms with Gasteiger partial charge in [0.15, 0.2) is 0 Å². The van der Waals surface area contributed by atoms with Crippen molar-refractivity contribution >= 4 is 0 Å². The van der Waals surface area contributed by atoms with Gasteiger partial charge in [0.1, 0.15) is 0 Å². The van der Waals surface area contributed by atoms with E-state index in [0.717, 1.165) is 37.4 Å². The molecule has 112 valence electrons. The van der Waals surface area contributed by atoms with Crippen LogP contribution >= 0.6 is 0 Å². The molecule has 0 aromatic carbocycles. The third-order valence-corrected chi connectivity index (χ3v) is 5.00. The second kappa shape index (κ2) is 6.11. The van der Waals surface area contributed by atoms with Crippen molar-refractivity contribution < 1.29 is 4.74 Å². The molecule has 0 radical (unpaired) electrons. The van der Waals surface area contributed by atoms with Crippen LogP contribution in [0.1, 0.15) is 47.0 Å². The van der Waals surface area contributed by atoms with Gasteiger partial charge in [0.2, 0.25) is 0 Å². The zero-order valence-electron chi connectivity index (χ0n) is 13.4. The summed E-state index contributed by atoms with van der Waals surface area (Å²) in [6, 6.07) is 1.42. The van der Waals surface area contributed by atoms with Crippen molar-refractivity contribution in [2.75, 3.05) is 26.7 Å². The van der Waals surface area contributed by atoms with Gasteiger partial charge in [0.05, 0.1) is 5.60 Å². The Bertz CT molecular complexity index is 286. The molecule has 1 saturated heterocycles. The lowest BCUT2D eigenvalue weighted by atomic mass is 9.95. The summed E-state index contributed by atoms with van der Waals surface area (Å²) in [5, 5.41) is 3.78. The lowest BCUT2D eigenvalue weighted by molar-refractivity contribution is -0.00446. The SMILES string of the molecule is COC(C)(C)CCN1CC(C2CC2)NCC1C(C)C. The molecule has 2 rings (SSSR count). The van der Waals surface area contributed by atoms with Gasteiger partial charge < -0.3 is 10.1 Å². The molecule has 1 heterocycles. The van der Waals surface area contributed by atoms with Gasteiger partial charge in [-0.2, -0.15) is 0 Å². The summed E-state index contributed by atoms with van der Waals surface area (Å²) in [7, 11) is 1.82. The Morgan fingerprint density at radius 1 is 1.32 bits per heavy atom. The van der Waals surface area contributed by atoms with Gasteiger partial charge >= 0.3 is 0 Å². The predicted octanol–water partition coefficient (Wildman–Crippen LogP) is 2.51. The number of rotatable bonds is 6. The molecule has 2 unspecified atom stereocenters. The molecule has 1 aliphatic carbocycles. The summed E-state index contributed by atoms with van der Waals surface area (Å²) in [5.74, 6) is 1.67. The van der Waals surface area contributed by atoms with Crippen LogP contribution in [-0.2, 0) is 4.74 Å². The Morgan fingerprint density at radius 2 is 2.00 bits per heavy atom. The minimum Gasteiger partial charge on any atom is -0.379 e. The van der Waals surface area contributed by atoms with Crippen LogP contribution in [0.4, 0.5) is 0 Å². The molecule has 0 aromatic heterocycles. The molecule has 1 saturated carbocycles. The monoisotopic (exact) mass is 268 g/mol. The van der Waals surface area contributed by atoms with Crippen molar-refractivity contribution in [1.82, 2.24) is 10.2 Å². The highest BCUT2D eigenvalue weighted by Crippen LogP contribution is 2.35. The largest absolute Gasteiger partial charge is 0.379 e. The highest BCUT2D eigenvalue weighted by Gasteiger charge is 2.38. The van der Waals surface area contributed by atoms with Crippen LogP contribution in [0.15, 0.2) is 0 Å². The van der Waals surface area contributed by atoms with Gasteiger partial charge in [-0.25, -0.2) is 0 Å². The second-order valence-electron chi connectivity index (χ2n) is 7.37. The molecule has 0 spiro atoms. The number of hydrogen-bond acceptors (Lipinski definition) is 3. The molecular formula is C16H32N2O. The first-order valence-electron chi connectivity index (χ1n) is 7.95. The van der Waals surface area contributed by atoms with Crippen LogP contribution < -0.4 is 5.32 Å². The van der Waals surface area contributed by atoms with E-state index < -0.39 is 0 Å². The van der Waals surface area contributed by atoms with E-state index in [1.807, 2.05) is 7.11 Å². The van der Waals surface area contributed by atoms with E-state index >= 15 is 0 Å². The Kier molecular flexibility index (Phi) is 4.91. The van der Waals surface area contributed by atoms with Gasteiger partial charge in [-0.15, -0.1) is 0 Å². The van der Waals surface area contributed by atoms with Gasteiger partial charge in [0, 0.05) is 38.8 Å². The van der Waals surface area contributed by atoms with Gasteiger partial charge in [0.25, 0.3) is 0 Å². The first-order chi connectivity index (χ1) is 8.93. The molecule has 2 atom stereocenters. The fourth-order valence-corrected chi connectivity index (χ4v) is 3.10. The Hall–Kier alpha value is -0.120. The fourth-order valence-electron chi connectivity index (χ4n) is 3.10. The van der Waals surface area contributed by atoms with E-state index in [1.165, 1.54) is 19.4 Å². The number of methoxy groups -OCH3 is 1. The van der Waals surface area contributed by atoms with Crippen LogP contribution in [0, 0.1) is 11.8 Å². The summed E-state index contributed by atoms with van der Waals surface area (Å²) < 4.78 is 5.57. The maximum absolute atomic E-state index is 5.57. The van der Waals surface area contributed by atoms with Crippen molar-refractivity contribution in [3.8, 4) is 0 Å². The number of nitrogens with zero attached hydrogens (tertiary/aromatic N) is 1. The predicted molar refractivity (Wildman–Crippen MR) is 80.4 cm³/mol. The molecule has 0 bridgehead atoms. The molecule has 0 aromatic rings. The van der Waals surface area contributed by atoms with Crippen molar-refractivity contribution in [2.45, 2.75) is 64.6 Å². The highest BCUT2D eigenvalue weighted by atomic mass is 16.5. The molecule has 1 N–H and O–H groups in total. The van der Waals surface area contributed by atoms with Crippen molar-refractivity contribution in [2.24, 2.45) is 11.8 Å². The molecule has 19 heavy (non-hydrogen) atoms. The van der Waals surface area contributed by atoms with Gasteiger partial charge in [-0.3, -0.25) is 4.90 Å². The first-order valence-corrected chi connectivity index (χ1v) is 7.95. The summed E-state index contributed by atoms with van der Waals surface area (Å²) in [4.78, 5) is 2.71. The van der Waals surface area contributed by atoms with Crippen LogP contribution in [0.3, 0.4) is 0 Å². The Labute approximate surface area is 119 Å². The summed E-state index contributed by atoms with van der Waals surface area (Å²) in [6.07, 6.45) is 3.98. The number of piperazine rings is 1. The van der Waals surface area contributed by atoms with Crippen molar-refractivity contribution in [3.05, 3.63) is 0 Å². The average Bonchev–Trinajstić information content (AvgIpc) is 3.20. The van der Waals surface area contributed by atoms with E-state index in [1.54, 1.807) is 0 Å². The van der Waals surface area contributed by atoms with Crippen LogP contribution in [0.2, 0.25) is 0 Å². The Morgan fingerprint density at radius 3 is 2.53 bits per heavy atom. The maximum atomic E-state index is 5.57. The maximum Gasteiger partial charge on any atom is 0.0634 e. The number of hydrogen-bond donors (Lipinski definition) is 1. The van der Waals surface area contributed by atoms with E-state index in [4.69, 9.17) is 4.74 Å². The molecule has 3 heteroatoms. The third kappa shape index (κ3) is 4.17. The standard InChI is InChI=1S/C16H32N2O/c1-12(2)15-10-17-14(13-6-7-13)11-18(15)9-8-16(3,4)19-5/h12-15,17H,6-11H2,1-5H3. The first kappa shape index (κ1) is 15.3. The normalized spacial score (nSPS) is 30.0. The smallest absolute Gasteiger partial charge is 0.0634 e. The van der Waals surface area contributed by atoms with Crippen molar-refractivity contribution in [1.29, 1.82) is 0 Å². The zero-order valence-corrected chi connectivity index (χ0v) is 13.4. The van der Waals surface area contributed by atoms with E-state index in [2.05, 4.69) is 37.9 Å². The van der Waals surface area contributed by atoms with Crippen molar-refractivity contribution in [3.63, 3.8) is 0 Å². The van der Waals surface area contributed by atoms with Crippen LogP contribution in [-0.4, -0.2) is 49.3 Å². The molecular weight excluding hydrogens is 236 g/mol. The summed E-state index contributed by atoms with van der Waals surface area (Å²) in [5.41, 5.74) is 0.00147. The molecule has 0 amide bonds. The summed E-state index contributed by atoms with van der Waals surface area (Å²) in [6.45, 7) is 12.6. The third-order valence-electron chi connectivity index (χ3n) is 5.00. The van der Waals surface area contributed by atoms with E-state index in [0.29, 0.717) is 6.04 Å². The van der Waals surface area contributed by atoms with Crippen LogP contribution in [0.25, 0.3) is 0 Å². The average molecular weight is 268 g/mol. The van der Waals surface area contributed by atoms with E-state index in [9.17, 15) is 0 Å². The minimum absolute atomic E-state index is 0.00147. The van der Waals surface area contributed by atoms with E-state index in [-0.39, 0.29) is 5.60 Å². The zero-order chi connectivity index (χ0) is 14.0. The lowest BCUT2D eigenvalue weighted by Crippen LogP contribution is -2.59. The highest BCUT2D eigenvalue weighted by molar-refractivity contribution is 4.95. The topological polar surface area (TPSA) is 24.5 Å². The summed E-state index contributed by atoms with van der Waals surface area (Å²) >= 11 is 0. The van der Waals surface area contributed by atoms with Crippen LogP contribution in [0.5, 0.6) is 0 Å². The lowest BCUT2D eigenvalue weighted by Gasteiger charge is -2.43. The quantitative estimate of drug-likeness (QED) is 0.801. The molecule has 2 fully saturated rings. The van der Waals surface area contributed by atoms with Gasteiger partial charge in [-0.05, 0) is 44.9 Å². The Balaban J connectivity index is 1.91.